The molecule has 0 saturated carbocycles. The monoisotopic (exact) mass is 151 g/mol. The highest BCUT2D eigenvalue weighted by Crippen LogP contribution is 1.82. The molecule has 0 amide bonds. The van der Waals surface area contributed by atoms with E-state index in [-0.39, 0.29) is 0 Å². The molecule has 62 valence electrons. The van der Waals surface area contributed by atoms with Gasteiger partial charge in [0.15, 0.2) is 0 Å². The first-order valence-corrected chi connectivity index (χ1v) is 3.82. The molecule has 0 radical (unpaired) electrons. The summed E-state index contributed by atoms with van der Waals surface area (Å²) in [7, 11) is 0. The van der Waals surface area contributed by atoms with Crippen LogP contribution in [0.15, 0.2) is 42.6 Å². The number of allylic oxidation sites excluding steroid dienone is 3. The summed E-state index contributed by atoms with van der Waals surface area (Å²) in [5, 5.41) is 0. The molecule has 0 saturated heterocycles. The van der Waals surface area contributed by atoms with Gasteiger partial charge < -0.3 is 0 Å². The second kappa shape index (κ2) is 16.0. The molecule has 1 nitrogen and oxygen atoms in total. The van der Waals surface area contributed by atoms with Crippen molar-refractivity contribution in [1.29, 1.82) is 0 Å². The van der Waals surface area contributed by atoms with E-state index in [0.717, 1.165) is 6.42 Å². The molecule has 0 heterocycles. The number of rotatable bonds is 4. The van der Waals surface area contributed by atoms with Gasteiger partial charge in [0.05, 0.1) is 0 Å². The largest absolute Gasteiger partial charge is 0.265 e. The predicted octanol–water partition coefficient (Wildman–Crippen LogP) is 3.36. The van der Waals surface area contributed by atoms with Gasteiger partial charge in [-0.15, -0.1) is 6.58 Å². The molecule has 0 fully saturated rings. The van der Waals surface area contributed by atoms with Crippen LogP contribution in [-0.2, 0) is 0 Å². The van der Waals surface area contributed by atoms with Crippen molar-refractivity contribution in [3.63, 3.8) is 0 Å². The van der Waals surface area contributed by atoms with E-state index < -0.39 is 0 Å². The standard InChI is InChI=1S/C8H11N.C2H6/c1-3-5-6-8-9-7-4-2;1-2/h3-4,6-8H,1-2,5H2;1-2H3/b8-6-,9-7?;. The van der Waals surface area contributed by atoms with Crippen LogP contribution in [-0.4, -0.2) is 6.21 Å². The van der Waals surface area contributed by atoms with Gasteiger partial charge in [0.2, 0.25) is 0 Å². The molecule has 0 aromatic carbocycles. The van der Waals surface area contributed by atoms with Crippen LogP contribution in [0.5, 0.6) is 0 Å². The maximum Gasteiger partial charge on any atom is 0.0261 e. The van der Waals surface area contributed by atoms with Gasteiger partial charge in [0, 0.05) is 12.4 Å². The van der Waals surface area contributed by atoms with E-state index in [1.165, 1.54) is 0 Å². The van der Waals surface area contributed by atoms with Gasteiger partial charge >= 0.3 is 0 Å². The van der Waals surface area contributed by atoms with Crippen molar-refractivity contribution in [3.8, 4) is 0 Å². The minimum atomic E-state index is 0.870. The molecular weight excluding hydrogens is 134 g/mol. The highest BCUT2D eigenvalue weighted by Gasteiger charge is 1.62. The molecule has 0 aliphatic heterocycles. The average molecular weight is 151 g/mol. The molecule has 11 heavy (non-hydrogen) atoms. The van der Waals surface area contributed by atoms with Crippen molar-refractivity contribution in [3.05, 3.63) is 37.6 Å². The van der Waals surface area contributed by atoms with Crippen LogP contribution >= 0.6 is 0 Å². The van der Waals surface area contributed by atoms with Gasteiger partial charge in [-0.25, -0.2) is 0 Å². The van der Waals surface area contributed by atoms with Crippen LogP contribution in [0.2, 0.25) is 0 Å². The highest BCUT2D eigenvalue weighted by atomic mass is 14.6. The van der Waals surface area contributed by atoms with Gasteiger partial charge in [0.1, 0.15) is 0 Å². The molecule has 0 aliphatic rings. The lowest BCUT2D eigenvalue weighted by atomic mass is 10.4. The van der Waals surface area contributed by atoms with Crippen LogP contribution in [0.3, 0.4) is 0 Å². The number of aliphatic imine (C=N–C) groups is 1. The number of hydrogen-bond donors (Lipinski definition) is 0. The van der Waals surface area contributed by atoms with Crippen molar-refractivity contribution >= 4 is 6.21 Å². The summed E-state index contributed by atoms with van der Waals surface area (Å²) < 4.78 is 0. The summed E-state index contributed by atoms with van der Waals surface area (Å²) in [5.74, 6) is 0. The average Bonchev–Trinajstić information content (AvgIpc) is 2.08. The van der Waals surface area contributed by atoms with Crippen molar-refractivity contribution in [2.45, 2.75) is 20.3 Å². The number of nitrogens with zero attached hydrogens (tertiary/aromatic N) is 1. The zero-order valence-corrected chi connectivity index (χ0v) is 7.46. The normalized spacial score (nSPS) is 9.27. The van der Waals surface area contributed by atoms with E-state index in [2.05, 4.69) is 18.2 Å². The van der Waals surface area contributed by atoms with Crippen molar-refractivity contribution < 1.29 is 0 Å². The van der Waals surface area contributed by atoms with E-state index >= 15 is 0 Å². The van der Waals surface area contributed by atoms with E-state index in [4.69, 9.17) is 0 Å². The van der Waals surface area contributed by atoms with Crippen molar-refractivity contribution in [1.82, 2.24) is 0 Å². The smallest absolute Gasteiger partial charge is 0.0261 e. The Hall–Kier alpha value is -1.11. The fraction of sp³-hybridized carbons (Fsp3) is 0.300. The van der Waals surface area contributed by atoms with Gasteiger partial charge in [-0.3, -0.25) is 4.99 Å². The third kappa shape index (κ3) is 17.6. The van der Waals surface area contributed by atoms with Gasteiger partial charge in [-0.2, -0.15) is 0 Å². The minimum Gasteiger partial charge on any atom is -0.265 e. The third-order valence-corrected chi connectivity index (χ3v) is 0.686. The Labute approximate surface area is 69.9 Å². The van der Waals surface area contributed by atoms with Crippen LogP contribution in [0, 0.1) is 0 Å². The van der Waals surface area contributed by atoms with E-state index in [0.29, 0.717) is 0 Å². The van der Waals surface area contributed by atoms with Crippen molar-refractivity contribution in [2.75, 3.05) is 0 Å². The summed E-state index contributed by atoms with van der Waals surface area (Å²) in [6.07, 6.45) is 9.61. The van der Waals surface area contributed by atoms with Gasteiger partial charge in [-0.1, -0.05) is 38.7 Å². The van der Waals surface area contributed by atoms with Crippen LogP contribution in [0.1, 0.15) is 20.3 Å². The Morgan fingerprint density at radius 1 is 1.27 bits per heavy atom. The Morgan fingerprint density at radius 2 is 1.91 bits per heavy atom. The summed E-state index contributed by atoms with van der Waals surface area (Å²) in [6.45, 7) is 11.0. The molecule has 0 spiro atoms. The summed E-state index contributed by atoms with van der Waals surface area (Å²) in [6, 6.07) is 0. The fourth-order valence-electron chi connectivity index (χ4n) is 0.328. The lowest BCUT2D eigenvalue weighted by Crippen LogP contribution is -1.58. The Morgan fingerprint density at radius 3 is 2.36 bits per heavy atom. The quantitative estimate of drug-likeness (QED) is 0.431. The first-order valence-electron chi connectivity index (χ1n) is 3.82. The maximum atomic E-state index is 3.86. The fourth-order valence-corrected chi connectivity index (χ4v) is 0.328. The molecule has 1 heteroatoms. The lowest BCUT2D eigenvalue weighted by Gasteiger charge is -1.74. The molecule has 0 unspecified atom stereocenters. The molecule has 0 atom stereocenters. The summed E-state index contributed by atoms with van der Waals surface area (Å²) in [4.78, 5) is 3.86. The van der Waals surface area contributed by atoms with Crippen LogP contribution < -0.4 is 0 Å². The molecule has 0 N–H and O–H groups in total. The number of hydrogen-bond acceptors (Lipinski definition) is 1. The van der Waals surface area contributed by atoms with E-state index in [9.17, 15) is 0 Å². The Kier molecular flexibility index (Phi) is 18.2. The lowest BCUT2D eigenvalue weighted by molar-refractivity contribution is 1.37. The van der Waals surface area contributed by atoms with E-state index in [1.54, 1.807) is 18.5 Å². The van der Waals surface area contributed by atoms with E-state index in [1.807, 2.05) is 26.0 Å². The zero-order chi connectivity index (χ0) is 8.95. The summed E-state index contributed by atoms with van der Waals surface area (Å²) >= 11 is 0. The predicted molar refractivity (Wildman–Crippen MR) is 54.0 cm³/mol. The first-order chi connectivity index (χ1) is 5.41. The zero-order valence-electron chi connectivity index (χ0n) is 7.46. The SMILES string of the molecule is C=CC=N/C=C\CC=C.CC. The molecule has 0 aliphatic carbocycles. The minimum absolute atomic E-state index is 0.870. The first kappa shape index (κ1) is 12.6. The van der Waals surface area contributed by atoms with Gasteiger partial charge in [-0.05, 0) is 6.42 Å². The van der Waals surface area contributed by atoms with Crippen molar-refractivity contribution in [2.24, 2.45) is 4.99 Å². The van der Waals surface area contributed by atoms with Crippen LogP contribution in [0.4, 0.5) is 0 Å². The van der Waals surface area contributed by atoms with Gasteiger partial charge in [0.25, 0.3) is 0 Å². The second-order valence-corrected chi connectivity index (χ2v) is 1.44. The molecule has 0 rings (SSSR count). The van der Waals surface area contributed by atoms with Crippen LogP contribution in [0.25, 0.3) is 0 Å². The summed E-state index contributed by atoms with van der Waals surface area (Å²) in [5.41, 5.74) is 0. The topological polar surface area (TPSA) is 12.4 Å². The molecule has 0 aromatic heterocycles. The molecular formula is C10H17N. The maximum absolute atomic E-state index is 3.86. The Bertz CT molecular complexity index is 132. The highest BCUT2D eigenvalue weighted by molar-refractivity contribution is 5.70. The molecule has 0 aromatic rings. The Balaban J connectivity index is 0. The third-order valence-electron chi connectivity index (χ3n) is 0.686. The molecule has 0 bridgehead atoms. The second-order valence-electron chi connectivity index (χ2n) is 1.44.